The van der Waals surface area contributed by atoms with E-state index in [1.54, 1.807) is 0 Å². The molecule has 6 heteroatoms. The monoisotopic (exact) mass is 238 g/mol. The van der Waals surface area contributed by atoms with Crippen LogP contribution in [0.5, 0.6) is 0 Å². The van der Waals surface area contributed by atoms with Gasteiger partial charge in [0.1, 0.15) is 5.82 Å². The second-order valence-electron chi connectivity index (χ2n) is 5.22. The molecular formula is C11H16BFN2O2. The topological polar surface area (TPSA) is 57.4 Å². The lowest BCUT2D eigenvalue weighted by Crippen LogP contribution is -2.41. The van der Waals surface area contributed by atoms with Crippen molar-refractivity contribution in [2.45, 2.75) is 38.9 Å². The van der Waals surface area contributed by atoms with Crippen molar-refractivity contribution in [3.63, 3.8) is 0 Å². The molecule has 0 atom stereocenters. The van der Waals surface area contributed by atoms with Gasteiger partial charge < -0.3 is 15.0 Å². The highest BCUT2D eigenvalue weighted by Gasteiger charge is 2.52. The highest BCUT2D eigenvalue weighted by molar-refractivity contribution is 6.62. The Bertz CT molecular complexity index is 435. The van der Waals surface area contributed by atoms with Gasteiger partial charge in [-0.3, -0.25) is 4.98 Å². The third kappa shape index (κ3) is 2.02. The van der Waals surface area contributed by atoms with Gasteiger partial charge in [-0.15, -0.1) is 0 Å². The van der Waals surface area contributed by atoms with E-state index in [1.165, 1.54) is 6.07 Å². The van der Waals surface area contributed by atoms with Gasteiger partial charge in [0, 0.05) is 0 Å². The Kier molecular flexibility index (Phi) is 2.67. The van der Waals surface area contributed by atoms with E-state index < -0.39 is 24.1 Å². The number of nitrogens with two attached hydrogens (primary N) is 1. The molecule has 4 nitrogen and oxygen atoms in total. The van der Waals surface area contributed by atoms with Crippen LogP contribution >= 0.6 is 0 Å². The first-order chi connectivity index (χ1) is 7.73. The summed E-state index contributed by atoms with van der Waals surface area (Å²) in [5, 5.41) is 0. The van der Waals surface area contributed by atoms with Crippen molar-refractivity contribution in [3.05, 3.63) is 18.1 Å². The Balaban J connectivity index is 2.32. The fourth-order valence-electron chi connectivity index (χ4n) is 1.62. The number of rotatable bonds is 1. The van der Waals surface area contributed by atoms with Crippen LogP contribution < -0.4 is 11.3 Å². The standard InChI is InChI=1S/C11H16BFN2O2/c1-10(2)11(3,4)17-12(16-10)9-8(14)5-7(13)6-15-9/h5-6H,14H2,1-4H3. The van der Waals surface area contributed by atoms with Crippen LogP contribution in [0.2, 0.25) is 0 Å². The lowest BCUT2D eigenvalue weighted by molar-refractivity contribution is 0.00578. The van der Waals surface area contributed by atoms with Gasteiger partial charge in [-0.05, 0) is 33.8 Å². The van der Waals surface area contributed by atoms with Gasteiger partial charge in [-0.1, -0.05) is 0 Å². The van der Waals surface area contributed by atoms with Crippen molar-refractivity contribution >= 4 is 18.4 Å². The van der Waals surface area contributed by atoms with E-state index in [4.69, 9.17) is 15.0 Å². The summed E-state index contributed by atoms with van der Waals surface area (Å²) in [7, 11) is -0.652. The first-order valence-corrected chi connectivity index (χ1v) is 5.49. The van der Waals surface area contributed by atoms with Crippen LogP contribution in [0, 0.1) is 5.82 Å². The normalized spacial score (nSPS) is 21.8. The Morgan fingerprint density at radius 3 is 2.24 bits per heavy atom. The Morgan fingerprint density at radius 2 is 1.76 bits per heavy atom. The summed E-state index contributed by atoms with van der Waals surface area (Å²) in [6, 6.07) is 1.22. The van der Waals surface area contributed by atoms with Crippen molar-refractivity contribution in [2.24, 2.45) is 0 Å². The van der Waals surface area contributed by atoms with Crippen LogP contribution in [-0.4, -0.2) is 23.3 Å². The zero-order chi connectivity index (χ0) is 12.8. The van der Waals surface area contributed by atoms with E-state index in [1.807, 2.05) is 27.7 Å². The highest BCUT2D eigenvalue weighted by Crippen LogP contribution is 2.36. The number of pyridine rings is 1. The molecule has 0 aromatic carbocycles. The summed E-state index contributed by atoms with van der Waals surface area (Å²) in [4.78, 5) is 3.94. The first kappa shape index (κ1) is 12.3. The average Bonchev–Trinajstić information content (AvgIpc) is 2.35. The summed E-state index contributed by atoms with van der Waals surface area (Å²) in [6.07, 6.45) is 1.11. The number of nitrogen functional groups attached to an aromatic ring is 1. The molecule has 2 N–H and O–H groups in total. The molecule has 2 heterocycles. The Labute approximate surface area is 100 Å². The number of nitrogens with zero attached hydrogens (tertiary/aromatic N) is 1. The van der Waals surface area contributed by atoms with Gasteiger partial charge in [-0.2, -0.15) is 0 Å². The largest absolute Gasteiger partial charge is 0.516 e. The lowest BCUT2D eigenvalue weighted by Gasteiger charge is -2.32. The van der Waals surface area contributed by atoms with Gasteiger partial charge in [0.25, 0.3) is 0 Å². The third-order valence-corrected chi connectivity index (χ3v) is 3.39. The van der Waals surface area contributed by atoms with E-state index in [0.717, 1.165) is 6.20 Å². The van der Waals surface area contributed by atoms with Crippen molar-refractivity contribution in [3.8, 4) is 0 Å². The van der Waals surface area contributed by atoms with Crippen molar-refractivity contribution in [2.75, 3.05) is 5.73 Å². The van der Waals surface area contributed by atoms with Gasteiger partial charge >= 0.3 is 7.12 Å². The van der Waals surface area contributed by atoms with Crippen molar-refractivity contribution in [1.29, 1.82) is 0 Å². The summed E-state index contributed by atoms with van der Waals surface area (Å²) in [6.45, 7) is 7.75. The van der Waals surface area contributed by atoms with E-state index >= 15 is 0 Å². The van der Waals surface area contributed by atoms with Gasteiger partial charge in [0.2, 0.25) is 0 Å². The summed E-state index contributed by atoms with van der Waals surface area (Å²) in [5.74, 6) is -0.470. The second-order valence-corrected chi connectivity index (χ2v) is 5.22. The molecule has 0 amide bonds. The molecule has 0 radical (unpaired) electrons. The van der Waals surface area contributed by atoms with Crippen LogP contribution in [0.1, 0.15) is 27.7 Å². The molecule has 1 aliphatic rings. The maximum absolute atomic E-state index is 12.9. The molecule has 0 spiro atoms. The number of hydrogen-bond acceptors (Lipinski definition) is 4. The van der Waals surface area contributed by atoms with Crippen LogP contribution in [0.15, 0.2) is 12.3 Å². The van der Waals surface area contributed by atoms with E-state index in [-0.39, 0.29) is 5.69 Å². The lowest BCUT2D eigenvalue weighted by atomic mass is 9.83. The molecule has 17 heavy (non-hydrogen) atoms. The maximum Gasteiger partial charge on any atom is 0.516 e. The minimum absolute atomic E-state index is 0.239. The van der Waals surface area contributed by atoms with E-state index in [9.17, 15) is 4.39 Å². The maximum atomic E-state index is 12.9. The number of hydrogen-bond donors (Lipinski definition) is 1. The minimum Gasteiger partial charge on any atom is -0.398 e. The molecule has 0 saturated carbocycles. The second kappa shape index (κ2) is 3.68. The summed E-state index contributed by atoms with van der Waals surface area (Å²) < 4.78 is 24.5. The fraction of sp³-hybridized carbons (Fsp3) is 0.545. The van der Waals surface area contributed by atoms with E-state index in [2.05, 4.69) is 4.98 Å². The molecule has 0 aliphatic carbocycles. The van der Waals surface area contributed by atoms with Crippen molar-refractivity contribution in [1.82, 2.24) is 4.98 Å². The smallest absolute Gasteiger partial charge is 0.398 e. The zero-order valence-corrected chi connectivity index (χ0v) is 10.5. The zero-order valence-electron chi connectivity index (χ0n) is 10.5. The molecular weight excluding hydrogens is 222 g/mol. The molecule has 1 aliphatic heterocycles. The van der Waals surface area contributed by atoms with Crippen LogP contribution in [-0.2, 0) is 9.31 Å². The fourth-order valence-corrected chi connectivity index (χ4v) is 1.62. The summed E-state index contributed by atoms with van der Waals surface area (Å²) in [5.41, 5.74) is 5.46. The molecule has 0 bridgehead atoms. The number of anilines is 1. The minimum atomic E-state index is -0.652. The van der Waals surface area contributed by atoms with Gasteiger partial charge in [0.15, 0.2) is 0 Å². The predicted octanol–water partition coefficient (Wildman–Crippen LogP) is 1.10. The quantitative estimate of drug-likeness (QED) is 0.744. The highest BCUT2D eigenvalue weighted by atomic mass is 19.1. The molecule has 2 rings (SSSR count). The third-order valence-electron chi connectivity index (χ3n) is 3.39. The average molecular weight is 238 g/mol. The summed E-state index contributed by atoms with van der Waals surface area (Å²) >= 11 is 0. The predicted molar refractivity (Wildman–Crippen MR) is 64.3 cm³/mol. The molecule has 1 fully saturated rings. The molecule has 1 aromatic heterocycles. The van der Waals surface area contributed by atoms with Crippen LogP contribution in [0.25, 0.3) is 0 Å². The van der Waals surface area contributed by atoms with Crippen molar-refractivity contribution < 1.29 is 13.7 Å². The number of halogens is 1. The Morgan fingerprint density at radius 1 is 1.24 bits per heavy atom. The number of aromatic nitrogens is 1. The van der Waals surface area contributed by atoms with E-state index in [0.29, 0.717) is 5.59 Å². The Hall–Kier alpha value is -1.14. The molecule has 1 aromatic rings. The molecule has 92 valence electrons. The molecule has 0 unspecified atom stereocenters. The van der Waals surface area contributed by atoms with Crippen LogP contribution in [0.3, 0.4) is 0 Å². The van der Waals surface area contributed by atoms with Gasteiger partial charge in [-0.25, -0.2) is 4.39 Å². The SMILES string of the molecule is CC1(C)OB(c2ncc(F)cc2N)OC1(C)C. The van der Waals surface area contributed by atoms with Crippen LogP contribution in [0.4, 0.5) is 10.1 Å². The molecule has 1 saturated heterocycles. The van der Waals surface area contributed by atoms with Gasteiger partial charge in [0.05, 0.1) is 28.7 Å². The first-order valence-electron chi connectivity index (χ1n) is 5.49.